The van der Waals surface area contributed by atoms with E-state index in [0.29, 0.717) is 5.56 Å². The predicted octanol–water partition coefficient (Wildman–Crippen LogP) is 1.30. The zero-order chi connectivity index (χ0) is 14.6. The number of carbonyl (C=O) groups is 2. The molecule has 6 heteroatoms. The first-order valence-corrected chi connectivity index (χ1v) is 6.76. The topological polar surface area (TPSA) is 81.4 Å². The number of benzene rings is 1. The third-order valence-corrected chi connectivity index (χ3v) is 3.28. The van der Waals surface area contributed by atoms with Crippen LogP contribution in [0.3, 0.4) is 0 Å². The third-order valence-electron chi connectivity index (χ3n) is 2.56. The summed E-state index contributed by atoms with van der Waals surface area (Å²) in [5.74, 6) is -0.920. The molecular weight excluding hydrogens is 359 g/mol. The normalized spacial score (nSPS) is 12.7. The molecule has 0 saturated carbocycles. The number of hydrogen-bond donors (Lipinski definition) is 2. The van der Waals surface area contributed by atoms with Gasteiger partial charge in [0.2, 0.25) is 0 Å². The van der Waals surface area contributed by atoms with Crippen molar-refractivity contribution in [2.24, 2.45) is 5.73 Å². The highest BCUT2D eigenvalue weighted by Crippen LogP contribution is 2.10. The number of nitrogens with two attached hydrogens (primary N) is 1. The van der Waals surface area contributed by atoms with E-state index in [-0.39, 0.29) is 5.91 Å². The Kier molecular flexibility index (Phi) is 5.30. The van der Waals surface area contributed by atoms with E-state index in [1.165, 1.54) is 7.11 Å². The fourth-order valence-corrected chi connectivity index (χ4v) is 1.84. The summed E-state index contributed by atoms with van der Waals surface area (Å²) in [5, 5.41) is 2.60. The molecule has 0 aliphatic rings. The minimum absolute atomic E-state index is 0.356. The lowest BCUT2D eigenvalue weighted by molar-refractivity contribution is -0.144. The second kappa shape index (κ2) is 6.33. The maximum Gasteiger partial charge on any atom is 0.330 e. The fourth-order valence-electron chi connectivity index (χ4n) is 1.48. The second-order valence-electron chi connectivity index (χ2n) is 4.76. The number of amides is 1. The van der Waals surface area contributed by atoms with E-state index in [2.05, 4.69) is 32.6 Å². The molecule has 1 amide bonds. The summed E-state index contributed by atoms with van der Waals surface area (Å²) in [6.07, 6.45) is 0. The smallest absolute Gasteiger partial charge is 0.330 e. The molecule has 0 aromatic heterocycles. The van der Waals surface area contributed by atoms with Gasteiger partial charge in [0.05, 0.1) is 7.11 Å². The van der Waals surface area contributed by atoms with Gasteiger partial charge in [-0.15, -0.1) is 0 Å². The number of halogens is 1. The lowest BCUT2D eigenvalue weighted by atomic mass is 9.95. The maximum absolute atomic E-state index is 12.1. The summed E-state index contributed by atoms with van der Waals surface area (Å²) < 4.78 is 5.69. The number of rotatable bonds is 4. The highest BCUT2D eigenvalue weighted by atomic mass is 127. The Labute approximate surface area is 126 Å². The standard InChI is InChI=1S/C13H17IN2O3/c1-13(2,15)10(12(18)19-3)16-11(17)8-4-6-9(14)7-5-8/h4-7,10H,15H2,1-3H3,(H,16,17)/t10-/m1/s1. The first kappa shape index (κ1) is 15.9. The van der Waals surface area contributed by atoms with Gasteiger partial charge in [0.15, 0.2) is 0 Å². The average molecular weight is 376 g/mol. The van der Waals surface area contributed by atoms with Gasteiger partial charge in [-0.05, 0) is 60.7 Å². The van der Waals surface area contributed by atoms with Crippen molar-refractivity contribution in [3.63, 3.8) is 0 Å². The number of hydrogen-bond acceptors (Lipinski definition) is 4. The molecule has 19 heavy (non-hydrogen) atoms. The average Bonchev–Trinajstić information content (AvgIpc) is 2.34. The van der Waals surface area contributed by atoms with Crippen molar-refractivity contribution in [1.82, 2.24) is 5.32 Å². The van der Waals surface area contributed by atoms with Crippen LogP contribution >= 0.6 is 22.6 Å². The first-order valence-electron chi connectivity index (χ1n) is 5.69. The van der Waals surface area contributed by atoms with Crippen molar-refractivity contribution in [3.8, 4) is 0 Å². The van der Waals surface area contributed by atoms with Crippen LogP contribution in [-0.4, -0.2) is 30.6 Å². The first-order chi connectivity index (χ1) is 8.75. The zero-order valence-corrected chi connectivity index (χ0v) is 13.2. The van der Waals surface area contributed by atoms with Crippen molar-refractivity contribution < 1.29 is 14.3 Å². The molecule has 0 fully saturated rings. The molecule has 5 nitrogen and oxygen atoms in total. The highest BCUT2D eigenvalue weighted by Gasteiger charge is 2.34. The fraction of sp³-hybridized carbons (Fsp3) is 0.385. The van der Waals surface area contributed by atoms with E-state index in [1.807, 2.05) is 12.1 Å². The maximum atomic E-state index is 12.1. The van der Waals surface area contributed by atoms with Crippen molar-refractivity contribution >= 4 is 34.5 Å². The quantitative estimate of drug-likeness (QED) is 0.613. The van der Waals surface area contributed by atoms with Gasteiger partial charge in [-0.1, -0.05) is 0 Å². The summed E-state index contributed by atoms with van der Waals surface area (Å²) in [6.45, 7) is 3.31. The van der Waals surface area contributed by atoms with Crippen LogP contribution in [0.15, 0.2) is 24.3 Å². The minimum Gasteiger partial charge on any atom is -0.467 e. The lowest BCUT2D eigenvalue weighted by Gasteiger charge is -2.28. The summed E-state index contributed by atoms with van der Waals surface area (Å²) in [7, 11) is 1.26. The van der Waals surface area contributed by atoms with Gasteiger partial charge in [0.25, 0.3) is 5.91 Å². The molecule has 0 aliphatic carbocycles. The van der Waals surface area contributed by atoms with E-state index >= 15 is 0 Å². The number of carbonyl (C=O) groups excluding carboxylic acids is 2. The number of esters is 1. The highest BCUT2D eigenvalue weighted by molar-refractivity contribution is 14.1. The number of nitrogens with one attached hydrogen (secondary N) is 1. The number of ether oxygens (including phenoxy) is 1. The minimum atomic E-state index is -0.911. The molecule has 1 atom stereocenters. The van der Waals surface area contributed by atoms with Gasteiger partial charge in [0.1, 0.15) is 6.04 Å². The van der Waals surface area contributed by atoms with Gasteiger partial charge in [-0.3, -0.25) is 4.79 Å². The van der Waals surface area contributed by atoms with Gasteiger partial charge in [-0.25, -0.2) is 4.79 Å². The largest absolute Gasteiger partial charge is 0.467 e. The van der Waals surface area contributed by atoms with Crippen LogP contribution in [0, 0.1) is 3.57 Å². The predicted molar refractivity (Wildman–Crippen MR) is 80.7 cm³/mol. The van der Waals surface area contributed by atoms with Gasteiger partial charge < -0.3 is 15.8 Å². The number of methoxy groups -OCH3 is 1. The molecule has 1 rings (SSSR count). The SMILES string of the molecule is COC(=O)[C@@H](NC(=O)c1ccc(I)cc1)C(C)(C)N. The summed E-state index contributed by atoms with van der Waals surface area (Å²) in [4.78, 5) is 23.7. The van der Waals surface area contributed by atoms with Crippen molar-refractivity contribution in [1.29, 1.82) is 0 Å². The van der Waals surface area contributed by atoms with Gasteiger partial charge >= 0.3 is 5.97 Å². The van der Waals surface area contributed by atoms with Crippen LogP contribution in [-0.2, 0) is 9.53 Å². The van der Waals surface area contributed by atoms with Crippen molar-refractivity contribution in [2.45, 2.75) is 25.4 Å². The molecule has 0 bridgehead atoms. The van der Waals surface area contributed by atoms with Crippen LogP contribution in [0.25, 0.3) is 0 Å². The van der Waals surface area contributed by atoms with Gasteiger partial charge in [-0.2, -0.15) is 0 Å². The Bertz CT molecular complexity index is 466. The van der Waals surface area contributed by atoms with E-state index in [1.54, 1.807) is 26.0 Å². The van der Waals surface area contributed by atoms with E-state index in [9.17, 15) is 9.59 Å². The van der Waals surface area contributed by atoms with Crippen molar-refractivity contribution in [3.05, 3.63) is 33.4 Å². The van der Waals surface area contributed by atoms with Crippen LogP contribution < -0.4 is 11.1 Å². The molecule has 3 N–H and O–H groups in total. The summed E-state index contributed by atoms with van der Waals surface area (Å²) in [6, 6.07) is 6.11. The molecule has 0 saturated heterocycles. The molecular formula is C13H17IN2O3. The Morgan fingerprint density at radius 1 is 1.32 bits per heavy atom. The molecule has 0 aliphatic heterocycles. The van der Waals surface area contributed by atoms with Gasteiger partial charge in [0, 0.05) is 14.7 Å². The van der Waals surface area contributed by atoms with Crippen LogP contribution in [0.2, 0.25) is 0 Å². The lowest BCUT2D eigenvalue weighted by Crippen LogP contribution is -2.59. The Morgan fingerprint density at radius 3 is 2.26 bits per heavy atom. The third kappa shape index (κ3) is 4.46. The Balaban J connectivity index is 2.88. The van der Waals surface area contributed by atoms with Crippen LogP contribution in [0.4, 0.5) is 0 Å². The monoisotopic (exact) mass is 376 g/mol. The summed E-state index contributed by atoms with van der Waals surface area (Å²) >= 11 is 2.15. The zero-order valence-electron chi connectivity index (χ0n) is 11.1. The Morgan fingerprint density at radius 2 is 1.84 bits per heavy atom. The molecule has 0 radical (unpaired) electrons. The molecule has 0 heterocycles. The van der Waals surface area contributed by atoms with E-state index in [0.717, 1.165) is 3.57 Å². The molecule has 0 spiro atoms. The summed E-state index contributed by atoms with van der Waals surface area (Å²) in [5.41, 5.74) is 5.45. The molecule has 104 valence electrons. The molecule has 0 unspecified atom stereocenters. The van der Waals surface area contributed by atoms with E-state index in [4.69, 9.17) is 5.73 Å². The van der Waals surface area contributed by atoms with Crippen LogP contribution in [0.5, 0.6) is 0 Å². The Hall–Kier alpha value is -1.15. The molecule has 1 aromatic rings. The van der Waals surface area contributed by atoms with Crippen molar-refractivity contribution in [2.75, 3.05) is 7.11 Å². The van der Waals surface area contributed by atoms with Crippen LogP contribution in [0.1, 0.15) is 24.2 Å². The second-order valence-corrected chi connectivity index (χ2v) is 6.00. The molecule has 1 aromatic carbocycles. The van der Waals surface area contributed by atoms with E-state index < -0.39 is 17.6 Å².